The smallest absolute Gasteiger partial charge is 0.0351 e. The van der Waals surface area contributed by atoms with E-state index in [0.717, 1.165) is 0 Å². The van der Waals surface area contributed by atoms with E-state index in [1.165, 1.54) is 39.3 Å². The summed E-state index contributed by atoms with van der Waals surface area (Å²) in [7, 11) is 0. The highest BCUT2D eigenvalue weighted by molar-refractivity contribution is 7.15. The Labute approximate surface area is 100 Å². The molecular weight excluding hydrogens is 212 g/mol. The number of hydrogen-bond acceptors (Lipinski definition) is 1. The highest BCUT2D eigenvalue weighted by Crippen LogP contribution is 2.34. The number of rotatable bonds is 1. The van der Waals surface area contributed by atoms with Crippen LogP contribution in [-0.4, -0.2) is 0 Å². The van der Waals surface area contributed by atoms with Crippen molar-refractivity contribution in [2.24, 2.45) is 0 Å². The van der Waals surface area contributed by atoms with Crippen molar-refractivity contribution in [2.45, 2.75) is 19.8 Å². The normalized spacial score (nSPS) is 13.8. The van der Waals surface area contributed by atoms with E-state index in [1.807, 2.05) is 11.3 Å². The van der Waals surface area contributed by atoms with Gasteiger partial charge in [-0.2, -0.15) is 0 Å². The molecule has 1 aliphatic rings. The highest BCUT2D eigenvalue weighted by Gasteiger charge is 2.11. The zero-order valence-electron chi connectivity index (χ0n) is 9.36. The number of thiophene rings is 1. The number of aryl methyl sites for hydroxylation is 2. The van der Waals surface area contributed by atoms with Crippen molar-refractivity contribution in [1.82, 2.24) is 0 Å². The van der Waals surface area contributed by atoms with Crippen LogP contribution >= 0.6 is 11.3 Å². The van der Waals surface area contributed by atoms with E-state index in [4.69, 9.17) is 0 Å². The summed E-state index contributed by atoms with van der Waals surface area (Å²) in [6, 6.07) is 11.1. The fourth-order valence-electron chi connectivity index (χ4n) is 2.26. The van der Waals surface area contributed by atoms with E-state index in [-0.39, 0.29) is 0 Å². The van der Waals surface area contributed by atoms with Gasteiger partial charge in [0.05, 0.1) is 0 Å². The van der Waals surface area contributed by atoms with Crippen molar-refractivity contribution in [1.29, 1.82) is 0 Å². The Morgan fingerprint density at radius 3 is 2.88 bits per heavy atom. The largest absolute Gasteiger partial charge is 0.141 e. The molecule has 16 heavy (non-hydrogen) atoms. The number of allylic oxidation sites excluding steroid dienone is 1. The summed E-state index contributed by atoms with van der Waals surface area (Å²) in [5.74, 6) is 0. The molecule has 80 valence electrons. The van der Waals surface area contributed by atoms with Crippen LogP contribution in [0.15, 0.2) is 36.4 Å². The highest BCUT2D eigenvalue weighted by atomic mass is 32.1. The molecule has 1 aromatic heterocycles. The molecular formula is C15H14S. The van der Waals surface area contributed by atoms with Crippen LogP contribution in [0.3, 0.4) is 0 Å². The van der Waals surface area contributed by atoms with Crippen LogP contribution in [0.4, 0.5) is 0 Å². The van der Waals surface area contributed by atoms with Gasteiger partial charge >= 0.3 is 0 Å². The number of benzene rings is 1. The van der Waals surface area contributed by atoms with Gasteiger partial charge in [-0.15, -0.1) is 11.3 Å². The zero-order valence-corrected chi connectivity index (χ0v) is 10.2. The molecule has 0 aliphatic heterocycles. The molecule has 0 atom stereocenters. The third-order valence-electron chi connectivity index (χ3n) is 3.07. The molecule has 0 radical (unpaired) electrons. The van der Waals surface area contributed by atoms with Crippen LogP contribution in [-0.2, 0) is 6.42 Å². The van der Waals surface area contributed by atoms with Crippen molar-refractivity contribution >= 4 is 17.4 Å². The Bertz CT molecular complexity index is 546. The minimum absolute atomic E-state index is 1.18. The maximum atomic E-state index is 2.28. The summed E-state index contributed by atoms with van der Waals surface area (Å²) in [5.41, 5.74) is 4.31. The van der Waals surface area contributed by atoms with Crippen molar-refractivity contribution in [3.05, 3.63) is 52.4 Å². The summed E-state index contributed by atoms with van der Waals surface area (Å²) in [6.45, 7) is 2.17. The maximum absolute atomic E-state index is 2.28. The molecule has 0 amide bonds. The fraction of sp³-hybridized carbons (Fsp3) is 0.200. The van der Waals surface area contributed by atoms with Gasteiger partial charge in [-0.05, 0) is 48.6 Å². The first-order valence-electron chi connectivity index (χ1n) is 5.70. The molecule has 0 unspecified atom stereocenters. The lowest BCUT2D eigenvalue weighted by atomic mass is 9.93. The van der Waals surface area contributed by atoms with Crippen LogP contribution in [0.5, 0.6) is 0 Å². The molecule has 1 aliphatic carbocycles. The predicted octanol–water partition coefficient (Wildman–Crippen LogP) is 4.68. The first kappa shape index (κ1) is 9.86. The molecule has 0 N–H and O–H groups in total. The minimum Gasteiger partial charge on any atom is -0.141 e. The second kappa shape index (κ2) is 3.91. The molecule has 0 nitrogen and oxygen atoms in total. The summed E-state index contributed by atoms with van der Waals surface area (Å²) in [5, 5.41) is 0. The van der Waals surface area contributed by atoms with Crippen LogP contribution in [0.1, 0.15) is 22.4 Å². The molecule has 1 heterocycles. The summed E-state index contributed by atoms with van der Waals surface area (Å²) in [4.78, 5) is 2.77. The van der Waals surface area contributed by atoms with Crippen molar-refractivity contribution in [2.75, 3.05) is 0 Å². The average molecular weight is 226 g/mol. The van der Waals surface area contributed by atoms with Gasteiger partial charge in [0.1, 0.15) is 0 Å². The van der Waals surface area contributed by atoms with Crippen LogP contribution in [0.25, 0.3) is 16.5 Å². The lowest BCUT2D eigenvalue weighted by Gasteiger charge is -2.13. The van der Waals surface area contributed by atoms with Crippen molar-refractivity contribution < 1.29 is 0 Å². The van der Waals surface area contributed by atoms with Crippen molar-refractivity contribution in [3.8, 4) is 10.4 Å². The standard InChI is InChI=1S/C15H14S/c1-11-9-10-15(16-11)14-8-4-6-12-5-2-3-7-13(12)14/h3-4,6-10H,2,5H2,1H3. The molecule has 0 fully saturated rings. The third kappa shape index (κ3) is 1.61. The Hall–Kier alpha value is -1.34. The van der Waals surface area contributed by atoms with Gasteiger partial charge in [-0.3, -0.25) is 0 Å². The number of hydrogen-bond donors (Lipinski definition) is 0. The van der Waals surface area contributed by atoms with E-state index in [0.29, 0.717) is 0 Å². The van der Waals surface area contributed by atoms with E-state index in [2.05, 4.69) is 49.4 Å². The lowest BCUT2D eigenvalue weighted by Crippen LogP contribution is -1.95. The summed E-state index contributed by atoms with van der Waals surface area (Å²) >= 11 is 1.88. The summed E-state index contributed by atoms with van der Waals surface area (Å²) in [6.07, 6.45) is 6.93. The Morgan fingerprint density at radius 2 is 2.06 bits per heavy atom. The second-order valence-corrected chi connectivity index (χ2v) is 5.52. The first-order chi connectivity index (χ1) is 7.84. The van der Waals surface area contributed by atoms with Gasteiger partial charge in [-0.1, -0.05) is 30.4 Å². The topological polar surface area (TPSA) is 0 Å². The van der Waals surface area contributed by atoms with E-state index >= 15 is 0 Å². The SMILES string of the molecule is Cc1ccc(-c2cccc3c2C=CCC3)s1. The van der Waals surface area contributed by atoms with Gasteiger partial charge in [-0.25, -0.2) is 0 Å². The molecule has 3 rings (SSSR count). The number of fused-ring (bicyclic) bond motifs is 1. The lowest BCUT2D eigenvalue weighted by molar-refractivity contribution is 0.987. The van der Waals surface area contributed by atoms with E-state index < -0.39 is 0 Å². The van der Waals surface area contributed by atoms with Crippen LogP contribution in [0, 0.1) is 6.92 Å². The quantitative estimate of drug-likeness (QED) is 0.662. The Kier molecular flexibility index (Phi) is 2.41. The van der Waals surface area contributed by atoms with Gasteiger partial charge in [0.15, 0.2) is 0 Å². The van der Waals surface area contributed by atoms with Gasteiger partial charge in [0.25, 0.3) is 0 Å². The van der Waals surface area contributed by atoms with Gasteiger partial charge in [0.2, 0.25) is 0 Å². The molecule has 0 spiro atoms. The van der Waals surface area contributed by atoms with E-state index in [9.17, 15) is 0 Å². The summed E-state index contributed by atoms with van der Waals surface area (Å²) < 4.78 is 0. The van der Waals surface area contributed by atoms with Crippen molar-refractivity contribution in [3.63, 3.8) is 0 Å². The second-order valence-electron chi connectivity index (χ2n) is 4.23. The Morgan fingerprint density at radius 1 is 1.12 bits per heavy atom. The molecule has 2 aromatic rings. The first-order valence-corrected chi connectivity index (χ1v) is 6.51. The van der Waals surface area contributed by atoms with Gasteiger partial charge in [0, 0.05) is 9.75 Å². The third-order valence-corrected chi connectivity index (χ3v) is 4.10. The maximum Gasteiger partial charge on any atom is 0.0351 e. The molecule has 0 bridgehead atoms. The predicted molar refractivity (Wildman–Crippen MR) is 71.8 cm³/mol. The average Bonchev–Trinajstić information content (AvgIpc) is 2.75. The molecule has 1 aromatic carbocycles. The fourth-order valence-corrected chi connectivity index (χ4v) is 3.17. The zero-order chi connectivity index (χ0) is 11.0. The van der Waals surface area contributed by atoms with Crippen LogP contribution in [0.2, 0.25) is 0 Å². The molecule has 0 saturated carbocycles. The molecule has 1 heteroatoms. The Balaban J connectivity index is 2.19. The monoisotopic (exact) mass is 226 g/mol. The molecule has 0 saturated heterocycles. The minimum atomic E-state index is 1.18. The van der Waals surface area contributed by atoms with Crippen LogP contribution < -0.4 is 0 Å². The van der Waals surface area contributed by atoms with Gasteiger partial charge < -0.3 is 0 Å². The van der Waals surface area contributed by atoms with E-state index in [1.54, 1.807) is 0 Å².